The molecule has 3 amide bonds. The monoisotopic (exact) mass is 432 g/mol. The third-order valence-electron chi connectivity index (χ3n) is 6.47. The van der Waals surface area contributed by atoms with Crippen LogP contribution in [-0.4, -0.2) is 74.0 Å². The third kappa shape index (κ3) is 3.30. The van der Waals surface area contributed by atoms with E-state index in [4.69, 9.17) is 0 Å². The van der Waals surface area contributed by atoms with E-state index in [2.05, 4.69) is 10.1 Å². The molecule has 1 spiro atoms. The second-order valence-corrected chi connectivity index (χ2v) is 8.57. The molecule has 164 valence electrons. The topological polar surface area (TPSA) is 91.6 Å². The van der Waals surface area contributed by atoms with Gasteiger partial charge in [-0.2, -0.15) is 5.10 Å². The quantitative estimate of drug-likeness (QED) is 0.611. The molecule has 0 unspecified atom stereocenters. The molecule has 0 N–H and O–H groups in total. The lowest BCUT2D eigenvalue weighted by molar-refractivity contribution is -0.142. The number of carbonyl (C=O) groups is 3. The SMILES string of the molecule is CC(=O)N1CC(=O)N(c2cnn(C)c2)C[C@@]12CCN(C(=O)c1ccc3ncccc3c1)C2. The first-order chi connectivity index (χ1) is 15.4. The van der Waals surface area contributed by atoms with E-state index in [1.165, 1.54) is 6.92 Å². The van der Waals surface area contributed by atoms with Crippen LogP contribution in [0.15, 0.2) is 48.9 Å². The Bertz CT molecular complexity index is 1240. The largest absolute Gasteiger partial charge is 0.336 e. The zero-order valence-electron chi connectivity index (χ0n) is 18.1. The minimum atomic E-state index is -0.621. The number of amides is 3. The number of benzene rings is 1. The number of nitrogens with zero attached hydrogens (tertiary/aromatic N) is 6. The minimum absolute atomic E-state index is 0.00605. The zero-order chi connectivity index (χ0) is 22.5. The predicted molar refractivity (Wildman–Crippen MR) is 118 cm³/mol. The van der Waals surface area contributed by atoms with Gasteiger partial charge in [0.2, 0.25) is 11.8 Å². The summed E-state index contributed by atoms with van der Waals surface area (Å²) in [7, 11) is 1.80. The van der Waals surface area contributed by atoms with Crippen molar-refractivity contribution in [2.45, 2.75) is 18.9 Å². The number of fused-ring (bicyclic) bond motifs is 1. The molecule has 0 aliphatic carbocycles. The highest BCUT2D eigenvalue weighted by Gasteiger charge is 2.51. The fraction of sp³-hybridized carbons (Fsp3) is 0.348. The predicted octanol–water partition coefficient (Wildman–Crippen LogP) is 1.45. The Labute approximate surface area is 185 Å². The van der Waals surface area contributed by atoms with E-state index in [0.29, 0.717) is 37.3 Å². The van der Waals surface area contributed by atoms with E-state index >= 15 is 0 Å². The molecule has 2 aliphatic rings. The molecule has 32 heavy (non-hydrogen) atoms. The van der Waals surface area contributed by atoms with Crippen molar-refractivity contribution in [1.82, 2.24) is 24.6 Å². The van der Waals surface area contributed by atoms with E-state index in [1.54, 1.807) is 51.1 Å². The summed E-state index contributed by atoms with van der Waals surface area (Å²) in [5.74, 6) is -0.387. The van der Waals surface area contributed by atoms with Gasteiger partial charge < -0.3 is 14.7 Å². The summed E-state index contributed by atoms with van der Waals surface area (Å²) in [4.78, 5) is 48.0. The molecule has 9 nitrogen and oxygen atoms in total. The smallest absolute Gasteiger partial charge is 0.253 e. The Morgan fingerprint density at radius 2 is 2.00 bits per heavy atom. The van der Waals surface area contributed by atoms with Crippen molar-refractivity contribution in [3.63, 3.8) is 0 Å². The van der Waals surface area contributed by atoms with E-state index < -0.39 is 5.54 Å². The van der Waals surface area contributed by atoms with Crippen molar-refractivity contribution in [1.29, 1.82) is 0 Å². The molecule has 2 saturated heterocycles. The van der Waals surface area contributed by atoms with E-state index in [9.17, 15) is 14.4 Å². The van der Waals surface area contributed by atoms with Crippen LogP contribution in [0.1, 0.15) is 23.7 Å². The van der Waals surface area contributed by atoms with Gasteiger partial charge >= 0.3 is 0 Å². The standard InChI is InChI=1S/C23H24N6O3/c1-16(30)29-13-21(31)28(19-11-25-26(2)12-19)15-23(29)7-9-27(14-23)22(32)18-5-6-20-17(10-18)4-3-8-24-20/h3-6,8,10-12H,7,9,13-15H2,1-2H3/t23-/m0/s1. The van der Waals surface area contributed by atoms with E-state index in [0.717, 1.165) is 10.9 Å². The van der Waals surface area contributed by atoms with Gasteiger partial charge in [-0.1, -0.05) is 6.07 Å². The molecule has 4 heterocycles. The Kier molecular flexibility index (Phi) is 4.69. The Morgan fingerprint density at radius 1 is 1.16 bits per heavy atom. The van der Waals surface area contributed by atoms with Gasteiger partial charge in [-0.25, -0.2) is 0 Å². The average Bonchev–Trinajstić information content (AvgIpc) is 3.41. The van der Waals surface area contributed by atoms with Gasteiger partial charge in [-0.05, 0) is 30.7 Å². The van der Waals surface area contributed by atoms with Crippen LogP contribution in [0.5, 0.6) is 0 Å². The number of aromatic nitrogens is 3. The van der Waals surface area contributed by atoms with Gasteiger partial charge in [-0.3, -0.25) is 24.0 Å². The van der Waals surface area contributed by atoms with Crippen LogP contribution in [-0.2, 0) is 16.6 Å². The molecule has 2 aliphatic heterocycles. The van der Waals surface area contributed by atoms with Gasteiger partial charge in [0.05, 0.1) is 29.5 Å². The summed E-state index contributed by atoms with van der Waals surface area (Å²) in [6.07, 6.45) is 5.77. The van der Waals surface area contributed by atoms with Crippen LogP contribution in [0.4, 0.5) is 5.69 Å². The average molecular weight is 432 g/mol. The Hall–Kier alpha value is -3.75. The molecular weight excluding hydrogens is 408 g/mol. The normalized spacial score (nSPS) is 21.1. The van der Waals surface area contributed by atoms with Crippen LogP contribution >= 0.6 is 0 Å². The molecule has 3 aromatic rings. The molecule has 1 aromatic carbocycles. The van der Waals surface area contributed by atoms with E-state index in [-0.39, 0.29) is 24.3 Å². The second-order valence-electron chi connectivity index (χ2n) is 8.57. The number of carbonyl (C=O) groups excluding carboxylic acids is 3. The van der Waals surface area contributed by atoms with Crippen LogP contribution in [0.3, 0.4) is 0 Å². The number of pyridine rings is 1. The molecular formula is C23H24N6O3. The number of rotatable bonds is 2. The van der Waals surface area contributed by atoms with E-state index in [1.807, 2.05) is 24.3 Å². The summed E-state index contributed by atoms with van der Waals surface area (Å²) < 4.78 is 1.64. The summed E-state index contributed by atoms with van der Waals surface area (Å²) in [6.45, 7) is 2.70. The molecule has 0 radical (unpaired) electrons. The number of hydrogen-bond acceptors (Lipinski definition) is 5. The van der Waals surface area contributed by atoms with Crippen molar-refractivity contribution in [2.24, 2.45) is 7.05 Å². The summed E-state index contributed by atoms with van der Waals surface area (Å²) in [5, 5.41) is 5.08. The maximum atomic E-state index is 13.3. The molecule has 2 fully saturated rings. The highest BCUT2D eigenvalue weighted by Crippen LogP contribution is 2.35. The first-order valence-corrected chi connectivity index (χ1v) is 10.6. The lowest BCUT2D eigenvalue weighted by Crippen LogP contribution is -2.67. The number of hydrogen-bond donors (Lipinski definition) is 0. The van der Waals surface area contributed by atoms with Crippen molar-refractivity contribution < 1.29 is 14.4 Å². The Balaban J connectivity index is 1.43. The number of piperazine rings is 1. The summed E-state index contributed by atoms with van der Waals surface area (Å²) in [6, 6.07) is 9.26. The van der Waals surface area contributed by atoms with Crippen molar-refractivity contribution in [3.05, 3.63) is 54.5 Å². The Morgan fingerprint density at radius 3 is 2.75 bits per heavy atom. The van der Waals surface area contributed by atoms with Gasteiger partial charge in [0.1, 0.15) is 6.54 Å². The highest BCUT2D eigenvalue weighted by molar-refractivity contribution is 6.00. The van der Waals surface area contributed by atoms with Crippen molar-refractivity contribution >= 4 is 34.3 Å². The lowest BCUT2D eigenvalue weighted by atomic mass is 9.92. The fourth-order valence-electron chi connectivity index (χ4n) is 4.85. The molecule has 5 rings (SSSR count). The maximum Gasteiger partial charge on any atom is 0.253 e. The van der Waals surface area contributed by atoms with Crippen molar-refractivity contribution in [3.8, 4) is 0 Å². The van der Waals surface area contributed by atoms with Gasteiger partial charge in [-0.15, -0.1) is 0 Å². The summed E-state index contributed by atoms with van der Waals surface area (Å²) in [5.41, 5.74) is 1.51. The number of anilines is 1. The second kappa shape index (κ2) is 7.44. The molecule has 1 atom stereocenters. The lowest BCUT2D eigenvalue weighted by Gasteiger charge is -2.47. The number of likely N-dealkylation sites (tertiary alicyclic amines) is 1. The molecule has 0 bridgehead atoms. The van der Waals surface area contributed by atoms with Crippen molar-refractivity contribution in [2.75, 3.05) is 31.1 Å². The maximum absolute atomic E-state index is 13.3. The first kappa shape index (κ1) is 20.2. The minimum Gasteiger partial charge on any atom is -0.336 e. The van der Waals surface area contributed by atoms with Gasteiger partial charge in [0.25, 0.3) is 5.91 Å². The fourth-order valence-corrected chi connectivity index (χ4v) is 4.85. The molecule has 0 saturated carbocycles. The third-order valence-corrected chi connectivity index (χ3v) is 6.47. The highest BCUT2D eigenvalue weighted by atomic mass is 16.2. The summed E-state index contributed by atoms with van der Waals surface area (Å²) >= 11 is 0. The number of aryl methyl sites for hydroxylation is 1. The zero-order valence-corrected chi connectivity index (χ0v) is 18.1. The van der Waals surface area contributed by atoms with Crippen LogP contribution in [0.2, 0.25) is 0 Å². The van der Waals surface area contributed by atoms with Gasteiger partial charge in [0.15, 0.2) is 0 Å². The van der Waals surface area contributed by atoms with Crippen LogP contribution in [0.25, 0.3) is 10.9 Å². The van der Waals surface area contributed by atoms with Gasteiger partial charge in [0, 0.05) is 50.4 Å². The van der Waals surface area contributed by atoms with Crippen LogP contribution in [0, 0.1) is 0 Å². The molecule has 2 aromatic heterocycles. The molecule has 9 heteroatoms. The van der Waals surface area contributed by atoms with Crippen LogP contribution < -0.4 is 4.90 Å². The first-order valence-electron chi connectivity index (χ1n) is 10.6.